The molecule has 2 amide bonds. The summed E-state index contributed by atoms with van der Waals surface area (Å²) >= 11 is 0. The summed E-state index contributed by atoms with van der Waals surface area (Å²) in [4.78, 5) is 12.3. The molecule has 7 unspecified atom stereocenters. The van der Waals surface area contributed by atoms with E-state index in [1.54, 1.807) is 0 Å². The van der Waals surface area contributed by atoms with Crippen LogP contribution in [0.5, 0.6) is 0 Å². The van der Waals surface area contributed by atoms with E-state index in [9.17, 15) is 22.4 Å². The topological polar surface area (TPSA) is 89.2 Å². The Hall–Kier alpha value is -1.17. The van der Waals surface area contributed by atoms with E-state index in [4.69, 9.17) is 0 Å². The summed E-state index contributed by atoms with van der Waals surface area (Å²) in [5.74, 6) is -2.02. The minimum Gasteiger partial charge on any atom is -0.335 e. The summed E-state index contributed by atoms with van der Waals surface area (Å²) in [6.45, 7) is 3.88. The van der Waals surface area contributed by atoms with Crippen molar-refractivity contribution < 1.29 is 22.4 Å². The van der Waals surface area contributed by atoms with Crippen LogP contribution in [0.2, 0.25) is 0 Å². The van der Waals surface area contributed by atoms with Crippen LogP contribution >= 0.6 is 0 Å². The van der Waals surface area contributed by atoms with Crippen LogP contribution in [0, 0.1) is 5.92 Å². The van der Waals surface area contributed by atoms with Crippen molar-refractivity contribution >= 4 is 6.03 Å². The fourth-order valence-electron chi connectivity index (χ4n) is 4.27. The number of rotatable bonds is 4. The SMILES string of the molecule is CC1CC(NC2CCNC2)NC(NC(=O)NC2CCC(F)C(C(F)(F)F)C2)N1. The molecule has 7 atom stereocenters. The third kappa shape index (κ3) is 5.91. The third-order valence-corrected chi connectivity index (χ3v) is 5.70. The summed E-state index contributed by atoms with van der Waals surface area (Å²) in [7, 11) is 0. The van der Waals surface area contributed by atoms with Crippen LogP contribution in [0.15, 0.2) is 0 Å². The number of nitrogens with one attached hydrogen (secondary N) is 6. The molecule has 1 aliphatic carbocycles. The molecule has 28 heavy (non-hydrogen) atoms. The second-order valence-corrected chi connectivity index (χ2v) is 8.10. The summed E-state index contributed by atoms with van der Waals surface area (Å²) in [6, 6.07) is -0.746. The summed E-state index contributed by atoms with van der Waals surface area (Å²) in [5.41, 5.74) is 0. The third-order valence-electron chi connectivity index (χ3n) is 5.70. The number of alkyl halides is 4. The fraction of sp³-hybridized carbons (Fsp3) is 0.941. The number of hydrogen-bond donors (Lipinski definition) is 6. The molecule has 0 radical (unpaired) electrons. The Bertz CT molecular complexity index is 530. The van der Waals surface area contributed by atoms with Crippen molar-refractivity contribution in [2.24, 2.45) is 5.92 Å². The normalized spacial score (nSPS) is 39.5. The van der Waals surface area contributed by atoms with Crippen LogP contribution in [-0.2, 0) is 0 Å². The van der Waals surface area contributed by atoms with Gasteiger partial charge < -0.3 is 16.0 Å². The predicted molar refractivity (Wildman–Crippen MR) is 96.1 cm³/mol. The quantitative estimate of drug-likeness (QED) is 0.388. The van der Waals surface area contributed by atoms with Crippen molar-refractivity contribution in [3.8, 4) is 0 Å². The predicted octanol–water partition coefficient (Wildman–Crippen LogP) is 0.887. The average Bonchev–Trinajstić information content (AvgIpc) is 3.08. The molecular weight excluding hydrogens is 380 g/mol. The van der Waals surface area contributed by atoms with Gasteiger partial charge in [-0.1, -0.05) is 0 Å². The van der Waals surface area contributed by atoms with E-state index in [2.05, 4.69) is 31.9 Å². The largest absolute Gasteiger partial charge is 0.394 e. The van der Waals surface area contributed by atoms with Gasteiger partial charge in [0.2, 0.25) is 0 Å². The van der Waals surface area contributed by atoms with Crippen molar-refractivity contribution in [3.63, 3.8) is 0 Å². The molecule has 0 spiro atoms. The molecule has 0 aromatic heterocycles. The van der Waals surface area contributed by atoms with Crippen molar-refractivity contribution in [2.45, 2.75) is 82.0 Å². The zero-order valence-corrected chi connectivity index (χ0v) is 15.9. The average molecular weight is 410 g/mol. The van der Waals surface area contributed by atoms with Crippen LogP contribution in [-0.4, -0.2) is 62.0 Å². The first-order valence-electron chi connectivity index (χ1n) is 9.97. The van der Waals surface area contributed by atoms with E-state index in [1.807, 2.05) is 6.92 Å². The molecule has 3 aliphatic rings. The number of hydrogen-bond acceptors (Lipinski definition) is 5. The van der Waals surface area contributed by atoms with E-state index in [-0.39, 0.29) is 25.0 Å². The standard InChI is InChI=1S/C17H30F4N6O/c1-9-6-14(24-11-4-5-22-8-11)26-15(23-9)27-16(28)25-10-2-3-13(18)12(7-10)17(19,20)21/h9-15,22-24,26H,2-8H2,1H3,(H2,25,27,28). The molecule has 3 fully saturated rings. The van der Waals surface area contributed by atoms with Crippen LogP contribution in [0.3, 0.4) is 0 Å². The van der Waals surface area contributed by atoms with Gasteiger partial charge >= 0.3 is 12.2 Å². The Labute approximate surface area is 162 Å². The smallest absolute Gasteiger partial charge is 0.335 e. The van der Waals surface area contributed by atoms with Gasteiger partial charge in [0, 0.05) is 24.7 Å². The van der Waals surface area contributed by atoms with Gasteiger partial charge in [0.05, 0.1) is 12.1 Å². The second-order valence-electron chi connectivity index (χ2n) is 8.10. The zero-order chi connectivity index (χ0) is 20.3. The molecule has 1 saturated carbocycles. The van der Waals surface area contributed by atoms with Crippen LogP contribution < -0.4 is 31.9 Å². The molecule has 11 heteroatoms. The lowest BCUT2D eigenvalue weighted by atomic mass is 9.84. The highest BCUT2D eigenvalue weighted by Gasteiger charge is 2.48. The van der Waals surface area contributed by atoms with E-state index >= 15 is 0 Å². The maximum Gasteiger partial charge on any atom is 0.394 e. The first-order chi connectivity index (χ1) is 13.2. The molecule has 2 aliphatic heterocycles. The van der Waals surface area contributed by atoms with Gasteiger partial charge in [0.25, 0.3) is 0 Å². The molecule has 162 valence electrons. The maximum atomic E-state index is 13.6. The number of halogens is 4. The first kappa shape index (κ1) is 21.5. The summed E-state index contributed by atoms with van der Waals surface area (Å²) in [6.07, 6.45) is -5.55. The van der Waals surface area contributed by atoms with E-state index in [1.165, 1.54) is 0 Å². The lowest BCUT2D eigenvalue weighted by Crippen LogP contribution is -2.69. The number of amides is 2. The summed E-state index contributed by atoms with van der Waals surface area (Å²) < 4.78 is 52.4. The highest BCUT2D eigenvalue weighted by Crippen LogP contribution is 2.39. The number of carbonyl (C=O) groups is 1. The van der Waals surface area contributed by atoms with Gasteiger partial charge in [0.1, 0.15) is 12.5 Å². The Morgan fingerprint density at radius 1 is 1.04 bits per heavy atom. The van der Waals surface area contributed by atoms with Crippen LogP contribution in [0.4, 0.5) is 22.4 Å². The minimum atomic E-state index is -4.59. The van der Waals surface area contributed by atoms with Crippen LogP contribution in [0.1, 0.15) is 39.0 Å². The first-order valence-corrected chi connectivity index (χ1v) is 9.97. The molecule has 0 bridgehead atoms. The van der Waals surface area contributed by atoms with Crippen molar-refractivity contribution in [1.82, 2.24) is 31.9 Å². The molecule has 0 aromatic rings. The number of carbonyl (C=O) groups excluding carboxylic acids is 1. The maximum absolute atomic E-state index is 13.6. The van der Waals surface area contributed by atoms with Gasteiger partial charge in [-0.15, -0.1) is 0 Å². The Morgan fingerprint density at radius 3 is 2.50 bits per heavy atom. The van der Waals surface area contributed by atoms with Gasteiger partial charge in [-0.05, 0) is 45.6 Å². The zero-order valence-electron chi connectivity index (χ0n) is 15.9. The molecule has 2 saturated heterocycles. The lowest BCUT2D eigenvalue weighted by Gasteiger charge is -2.38. The second kappa shape index (κ2) is 9.10. The van der Waals surface area contributed by atoms with Gasteiger partial charge in [-0.2, -0.15) is 13.2 Å². The highest BCUT2D eigenvalue weighted by atomic mass is 19.4. The van der Waals surface area contributed by atoms with E-state index in [0.717, 1.165) is 25.9 Å². The van der Waals surface area contributed by atoms with Crippen molar-refractivity contribution in [1.29, 1.82) is 0 Å². The summed E-state index contributed by atoms with van der Waals surface area (Å²) in [5, 5.41) is 18.5. The highest BCUT2D eigenvalue weighted by molar-refractivity contribution is 5.74. The van der Waals surface area contributed by atoms with Crippen LogP contribution in [0.25, 0.3) is 0 Å². The van der Waals surface area contributed by atoms with Gasteiger partial charge in [0.15, 0.2) is 0 Å². The monoisotopic (exact) mass is 410 g/mol. The van der Waals surface area contributed by atoms with Gasteiger partial charge in [-0.3, -0.25) is 16.0 Å². The van der Waals surface area contributed by atoms with E-state index < -0.39 is 43.0 Å². The molecular formula is C17H30F4N6O. The Morgan fingerprint density at radius 2 is 1.82 bits per heavy atom. The Balaban J connectivity index is 1.46. The van der Waals surface area contributed by atoms with Crippen molar-refractivity contribution in [2.75, 3.05) is 13.1 Å². The fourth-order valence-corrected chi connectivity index (χ4v) is 4.27. The number of urea groups is 1. The van der Waals surface area contributed by atoms with E-state index in [0.29, 0.717) is 6.04 Å². The molecule has 7 nitrogen and oxygen atoms in total. The van der Waals surface area contributed by atoms with Gasteiger partial charge in [-0.25, -0.2) is 9.18 Å². The lowest BCUT2D eigenvalue weighted by molar-refractivity contribution is -0.199. The molecule has 0 aromatic carbocycles. The molecule has 2 heterocycles. The minimum absolute atomic E-state index is 0.0167. The Kier molecular flexibility index (Phi) is 7.00. The molecule has 3 rings (SSSR count). The molecule has 6 N–H and O–H groups in total. The van der Waals surface area contributed by atoms with Crippen molar-refractivity contribution in [3.05, 3.63) is 0 Å².